The fourth-order valence-corrected chi connectivity index (χ4v) is 1.75. The SMILES string of the molecule is C=C/C=C1/C(=O)NC(C(C)C)/C1=C/C. The predicted octanol–water partition coefficient (Wildman–Crippen LogP) is 2.20. The Balaban J connectivity index is 3.07. The van der Waals surface area contributed by atoms with Crippen molar-refractivity contribution in [2.45, 2.75) is 26.8 Å². The Morgan fingerprint density at radius 2 is 2.14 bits per heavy atom. The average Bonchev–Trinajstić information content (AvgIpc) is 2.44. The Labute approximate surface area is 85.4 Å². The fraction of sp³-hybridized carbons (Fsp3) is 0.417. The lowest BCUT2D eigenvalue weighted by Crippen LogP contribution is -2.30. The van der Waals surface area contributed by atoms with Gasteiger partial charge in [-0.25, -0.2) is 0 Å². The summed E-state index contributed by atoms with van der Waals surface area (Å²) in [4.78, 5) is 11.6. The third-order valence-electron chi connectivity index (χ3n) is 2.44. The van der Waals surface area contributed by atoms with Crippen LogP contribution in [0.4, 0.5) is 0 Å². The molecule has 0 aromatic heterocycles. The van der Waals surface area contributed by atoms with Gasteiger partial charge in [-0.1, -0.05) is 32.6 Å². The molecule has 1 rings (SSSR count). The highest BCUT2D eigenvalue weighted by Gasteiger charge is 2.32. The molecule has 0 aromatic carbocycles. The van der Waals surface area contributed by atoms with Crippen LogP contribution in [0.15, 0.2) is 36.0 Å². The molecule has 1 atom stereocenters. The van der Waals surface area contributed by atoms with E-state index in [1.807, 2.05) is 13.0 Å². The minimum Gasteiger partial charge on any atom is -0.345 e. The molecule has 1 heterocycles. The quantitative estimate of drug-likeness (QED) is 0.666. The van der Waals surface area contributed by atoms with E-state index >= 15 is 0 Å². The van der Waals surface area contributed by atoms with E-state index in [0.717, 1.165) is 11.1 Å². The Morgan fingerprint density at radius 1 is 1.50 bits per heavy atom. The molecule has 0 bridgehead atoms. The van der Waals surface area contributed by atoms with Gasteiger partial charge < -0.3 is 5.32 Å². The molecule has 1 unspecified atom stereocenters. The largest absolute Gasteiger partial charge is 0.345 e. The molecule has 0 spiro atoms. The van der Waals surface area contributed by atoms with Gasteiger partial charge in [0.25, 0.3) is 5.91 Å². The molecule has 0 aliphatic carbocycles. The summed E-state index contributed by atoms with van der Waals surface area (Å²) in [6, 6.07) is 0.152. The molecule has 14 heavy (non-hydrogen) atoms. The lowest BCUT2D eigenvalue weighted by molar-refractivity contribution is -0.116. The smallest absolute Gasteiger partial charge is 0.252 e. The van der Waals surface area contributed by atoms with Gasteiger partial charge in [-0.2, -0.15) is 0 Å². The summed E-state index contributed by atoms with van der Waals surface area (Å²) < 4.78 is 0. The monoisotopic (exact) mass is 191 g/mol. The summed E-state index contributed by atoms with van der Waals surface area (Å²) in [6.07, 6.45) is 5.42. The van der Waals surface area contributed by atoms with E-state index in [1.165, 1.54) is 0 Å². The molecular formula is C12H17NO. The van der Waals surface area contributed by atoms with Gasteiger partial charge in [0.15, 0.2) is 0 Å². The lowest BCUT2D eigenvalue weighted by atomic mass is 9.94. The molecular weight excluding hydrogens is 174 g/mol. The van der Waals surface area contributed by atoms with E-state index in [4.69, 9.17) is 0 Å². The highest BCUT2D eigenvalue weighted by Crippen LogP contribution is 2.26. The molecule has 1 aliphatic rings. The van der Waals surface area contributed by atoms with Gasteiger partial charge in [0, 0.05) is 5.57 Å². The highest BCUT2D eigenvalue weighted by atomic mass is 16.2. The van der Waals surface area contributed by atoms with Crippen molar-refractivity contribution in [3.05, 3.63) is 36.0 Å². The van der Waals surface area contributed by atoms with E-state index in [0.29, 0.717) is 5.92 Å². The van der Waals surface area contributed by atoms with Crippen LogP contribution in [0.2, 0.25) is 0 Å². The predicted molar refractivity (Wildman–Crippen MR) is 58.8 cm³/mol. The van der Waals surface area contributed by atoms with Gasteiger partial charge in [0.1, 0.15) is 0 Å². The first-order valence-corrected chi connectivity index (χ1v) is 4.92. The number of amides is 1. The first-order valence-electron chi connectivity index (χ1n) is 4.92. The Bertz CT molecular complexity index is 310. The van der Waals surface area contributed by atoms with Crippen molar-refractivity contribution in [2.24, 2.45) is 5.92 Å². The van der Waals surface area contributed by atoms with Crippen LogP contribution < -0.4 is 5.32 Å². The second-order valence-corrected chi connectivity index (χ2v) is 3.76. The van der Waals surface area contributed by atoms with Gasteiger partial charge in [-0.05, 0) is 24.5 Å². The molecule has 0 aromatic rings. The molecule has 1 N–H and O–H groups in total. The number of allylic oxidation sites excluding steroid dienone is 3. The molecule has 1 fully saturated rings. The van der Waals surface area contributed by atoms with Gasteiger partial charge >= 0.3 is 0 Å². The van der Waals surface area contributed by atoms with Crippen molar-refractivity contribution in [2.75, 3.05) is 0 Å². The van der Waals surface area contributed by atoms with Crippen molar-refractivity contribution in [3.8, 4) is 0 Å². The van der Waals surface area contributed by atoms with E-state index in [9.17, 15) is 4.79 Å². The Morgan fingerprint density at radius 3 is 2.57 bits per heavy atom. The zero-order valence-electron chi connectivity index (χ0n) is 9.00. The topological polar surface area (TPSA) is 29.1 Å². The number of carbonyl (C=O) groups is 1. The number of nitrogens with one attached hydrogen (secondary N) is 1. The number of carbonyl (C=O) groups excluding carboxylic acids is 1. The summed E-state index contributed by atoms with van der Waals surface area (Å²) in [6.45, 7) is 9.78. The van der Waals surface area contributed by atoms with Crippen molar-refractivity contribution >= 4 is 5.91 Å². The average molecular weight is 191 g/mol. The zero-order chi connectivity index (χ0) is 10.7. The molecule has 1 amide bonds. The van der Waals surface area contributed by atoms with Crippen molar-refractivity contribution in [1.29, 1.82) is 0 Å². The Hall–Kier alpha value is -1.31. The molecule has 1 aliphatic heterocycles. The number of rotatable bonds is 2. The standard InChI is InChI=1S/C12H17NO/c1-5-7-10-9(6-2)11(8(3)4)13-12(10)14/h5-8,11H,1H2,2-4H3,(H,13,14)/b9-6+,10-7+. The Kier molecular flexibility index (Phi) is 3.28. The van der Waals surface area contributed by atoms with Gasteiger partial charge in [-0.15, -0.1) is 0 Å². The highest BCUT2D eigenvalue weighted by molar-refractivity contribution is 6.02. The first-order chi connectivity index (χ1) is 6.61. The van der Waals surface area contributed by atoms with Gasteiger partial charge in [0.05, 0.1) is 6.04 Å². The molecule has 2 nitrogen and oxygen atoms in total. The van der Waals surface area contributed by atoms with Crippen molar-refractivity contribution in [1.82, 2.24) is 5.32 Å². The van der Waals surface area contributed by atoms with Crippen LogP contribution >= 0.6 is 0 Å². The van der Waals surface area contributed by atoms with Crippen molar-refractivity contribution < 1.29 is 4.79 Å². The summed E-state index contributed by atoms with van der Waals surface area (Å²) >= 11 is 0. The number of hydrogen-bond donors (Lipinski definition) is 1. The lowest BCUT2D eigenvalue weighted by Gasteiger charge is -2.15. The van der Waals surface area contributed by atoms with Crippen LogP contribution in [0, 0.1) is 5.92 Å². The maximum atomic E-state index is 11.6. The summed E-state index contributed by atoms with van der Waals surface area (Å²) in [5.74, 6) is 0.428. The maximum Gasteiger partial charge on any atom is 0.252 e. The number of hydrogen-bond acceptors (Lipinski definition) is 1. The van der Waals surface area contributed by atoms with Crippen LogP contribution in [0.25, 0.3) is 0 Å². The second-order valence-electron chi connectivity index (χ2n) is 3.76. The third-order valence-corrected chi connectivity index (χ3v) is 2.44. The summed E-state index contributed by atoms with van der Waals surface area (Å²) in [7, 11) is 0. The van der Waals surface area contributed by atoms with E-state index in [-0.39, 0.29) is 11.9 Å². The fourth-order valence-electron chi connectivity index (χ4n) is 1.75. The molecule has 0 radical (unpaired) electrons. The summed E-state index contributed by atoms with van der Waals surface area (Å²) in [5, 5.41) is 2.97. The third kappa shape index (κ3) is 1.79. The van der Waals surface area contributed by atoms with Crippen LogP contribution in [0.1, 0.15) is 20.8 Å². The van der Waals surface area contributed by atoms with Crippen LogP contribution in [0.3, 0.4) is 0 Å². The first kappa shape index (κ1) is 10.8. The zero-order valence-corrected chi connectivity index (χ0v) is 9.00. The van der Waals surface area contributed by atoms with Gasteiger partial charge in [-0.3, -0.25) is 4.79 Å². The maximum absolute atomic E-state index is 11.6. The molecule has 2 heteroatoms. The molecule has 1 saturated heterocycles. The van der Waals surface area contributed by atoms with Crippen LogP contribution in [-0.2, 0) is 4.79 Å². The van der Waals surface area contributed by atoms with Crippen molar-refractivity contribution in [3.63, 3.8) is 0 Å². The van der Waals surface area contributed by atoms with E-state index in [1.54, 1.807) is 12.2 Å². The normalized spacial score (nSPS) is 27.4. The summed E-state index contributed by atoms with van der Waals surface area (Å²) in [5.41, 5.74) is 1.84. The van der Waals surface area contributed by atoms with E-state index < -0.39 is 0 Å². The molecule has 0 saturated carbocycles. The van der Waals surface area contributed by atoms with Gasteiger partial charge in [0.2, 0.25) is 0 Å². The van der Waals surface area contributed by atoms with E-state index in [2.05, 4.69) is 25.7 Å². The minimum atomic E-state index is 0.0108. The minimum absolute atomic E-state index is 0.0108. The van der Waals surface area contributed by atoms with Crippen LogP contribution in [0.5, 0.6) is 0 Å². The molecule has 76 valence electrons. The van der Waals surface area contributed by atoms with Crippen LogP contribution in [-0.4, -0.2) is 11.9 Å². The second kappa shape index (κ2) is 4.27.